The molecule has 3 rings (SSSR count). The van der Waals surface area contributed by atoms with Crippen LogP contribution >= 0.6 is 0 Å². The van der Waals surface area contributed by atoms with Gasteiger partial charge in [0.25, 0.3) is 0 Å². The van der Waals surface area contributed by atoms with Crippen molar-refractivity contribution in [1.82, 2.24) is 4.90 Å². The van der Waals surface area contributed by atoms with Crippen LogP contribution < -0.4 is 5.43 Å². The zero-order valence-electron chi connectivity index (χ0n) is 18.7. The number of carbonyl (C=O) groups is 1. The minimum Gasteiger partial charge on any atom is -0.464 e. The van der Waals surface area contributed by atoms with Gasteiger partial charge in [0.1, 0.15) is 11.4 Å². The number of nitrogens with zero attached hydrogens (tertiary/aromatic N) is 1. The predicted octanol–water partition coefficient (Wildman–Crippen LogP) is 5.92. The number of hydrogen-bond acceptors (Lipinski definition) is 3. The average molecular weight is 424 g/mol. The molecule has 31 heavy (non-hydrogen) atoms. The van der Waals surface area contributed by atoms with E-state index in [1.54, 1.807) is 35.2 Å². The predicted molar refractivity (Wildman–Crippen MR) is 121 cm³/mol. The van der Waals surface area contributed by atoms with Crippen LogP contribution in [0.2, 0.25) is 0 Å². The van der Waals surface area contributed by atoms with E-state index < -0.39 is 0 Å². The van der Waals surface area contributed by atoms with Gasteiger partial charge in [-0.3, -0.25) is 9.59 Å². The van der Waals surface area contributed by atoms with Crippen molar-refractivity contribution >= 4 is 16.9 Å². The van der Waals surface area contributed by atoms with Crippen molar-refractivity contribution in [3.8, 4) is 0 Å². The van der Waals surface area contributed by atoms with Crippen LogP contribution in [0.15, 0.2) is 64.0 Å². The molecule has 0 N–H and O–H groups in total. The van der Waals surface area contributed by atoms with E-state index in [2.05, 4.69) is 27.7 Å². The highest BCUT2D eigenvalue weighted by molar-refractivity contribution is 5.78. The molecule has 0 unspecified atom stereocenters. The van der Waals surface area contributed by atoms with Crippen molar-refractivity contribution in [3.05, 3.63) is 82.0 Å². The van der Waals surface area contributed by atoms with Crippen LogP contribution in [0.3, 0.4) is 0 Å². The van der Waals surface area contributed by atoms with Crippen LogP contribution in [0, 0.1) is 17.2 Å². The molecule has 0 fully saturated rings. The van der Waals surface area contributed by atoms with Gasteiger partial charge in [-0.15, -0.1) is 0 Å². The van der Waals surface area contributed by atoms with Crippen molar-refractivity contribution in [2.75, 3.05) is 0 Å². The van der Waals surface area contributed by atoms with Gasteiger partial charge in [-0.05, 0) is 47.6 Å². The zero-order valence-corrected chi connectivity index (χ0v) is 18.7. The fraction of sp³-hybridized carbons (Fsp3) is 0.385. The van der Waals surface area contributed by atoms with Gasteiger partial charge in [-0.1, -0.05) is 52.0 Å². The van der Waals surface area contributed by atoms with Crippen LogP contribution in [0.5, 0.6) is 0 Å². The third-order valence-electron chi connectivity index (χ3n) is 5.24. The summed E-state index contributed by atoms with van der Waals surface area (Å²) in [5.41, 5.74) is 1.75. The second kappa shape index (κ2) is 9.46. The monoisotopic (exact) mass is 423 g/mol. The average Bonchev–Trinajstić information content (AvgIpc) is 2.69. The normalized spacial score (nSPS) is 12.7. The van der Waals surface area contributed by atoms with Gasteiger partial charge in [0.05, 0.1) is 23.8 Å². The molecule has 0 spiro atoms. The highest BCUT2D eigenvalue weighted by atomic mass is 19.1. The lowest BCUT2D eigenvalue weighted by Gasteiger charge is -2.27. The molecule has 3 aromatic rings. The molecule has 0 aliphatic rings. The minimum absolute atomic E-state index is 0.0337. The van der Waals surface area contributed by atoms with E-state index in [1.807, 2.05) is 6.07 Å². The molecule has 1 amide bonds. The molecular weight excluding hydrogens is 393 g/mol. The van der Waals surface area contributed by atoms with Gasteiger partial charge in [-0.25, -0.2) is 4.39 Å². The maximum absolute atomic E-state index is 13.3. The van der Waals surface area contributed by atoms with E-state index in [4.69, 9.17) is 4.42 Å². The fourth-order valence-corrected chi connectivity index (χ4v) is 4.02. The second-order valence-corrected chi connectivity index (χ2v) is 9.54. The van der Waals surface area contributed by atoms with Gasteiger partial charge in [0.15, 0.2) is 5.43 Å². The van der Waals surface area contributed by atoms with Crippen LogP contribution in [0.4, 0.5) is 4.39 Å². The molecule has 0 aliphatic heterocycles. The third kappa shape index (κ3) is 6.27. The molecule has 164 valence electrons. The Morgan fingerprint density at radius 3 is 2.42 bits per heavy atom. The number of fused-ring (bicyclic) bond motifs is 1. The van der Waals surface area contributed by atoms with Crippen molar-refractivity contribution in [2.24, 2.45) is 11.3 Å². The molecular formula is C26H30FNO3. The van der Waals surface area contributed by atoms with Gasteiger partial charge in [0, 0.05) is 13.0 Å². The van der Waals surface area contributed by atoms with Gasteiger partial charge in [0.2, 0.25) is 5.91 Å². The zero-order chi connectivity index (χ0) is 22.6. The van der Waals surface area contributed by atoms with Crippen molar-refractivity contribution in [1.29, 1.82) is 0 Å². The Labute approximate surface area is 182 Å². The van der Waals surface area contributed by atoms with E-state index in [-0.39, 0.29) is 35.0 Å². The second-order valence-electron chi connectivity index (χ2n) is 9.54. The molecule has 1 heterocycles. The molecule has 2 aromatic carbocycles. The first-order chi connectivity index (χ1) is 14.6. The number of rotatable bonds is 7. The SMILES string of the molecule is C[C@@H](CC(=O)N(Cc1ccc(F)cc1)Cc1coc2ccccc2c1=O)CC(C)(C)C. The largest absolute Gasteiger partial charge is 0.464 e. The summed E-state index contributed by atoms with van der Waals surface area (Å²) < 4.78 is 19.0. The topological polar surface area (TPSA) is 50.5 Å². The number of halogens is 1. The van der Waals surface area contributed by atoms with E-state index in [0.29, 0.717) is 29.5 Å². The van der Waals surface area contributed by atoms with Crippen molar-refractivity contribution < 1.29 is 13.6 Å². The quantitative estimate of drug-likeness (QED) is 0.474. The smallest absolute Gasteiger partial charge is 0.223 e. The molecule has 0 saturated carbocycles. The number of amides is 1. The van der Waals surface area contributed by atoms with Crippen LogP contribution in [0.1, 0.15) is 51.7 Å². The summed E-state index contributed by atoms with van der Waals surface area (Å²) in [6, 6.07) is 13.2. The molecule has 0 saturated heterocycles. The third-order valence-corrected chi connectivity index (χ3v) is 5.24. The lowest BCUT2D eigenvalue weighted by Crippen LogP contribution is -2.33. The number of para-hydroxylation sites is 1. The van der Waals surface area contributed by atoms with E-state index in [1.165, 1.54) is 18.4 Å². The maximum atomic E-state index is 13.3. The Bertz CT molecular complexity index is 1100. The lowest BCUT2D eigenvalue weighted by molar-refractivity contribution is -0.133. The molecule has 0 bridgehead atoms. The molecule has 1 atom stereocenters. The Kier molecular flexibility index (Phi) is 6.94. The standard InChI is InChI=1S/C26H30FNO3/c1-18(14-26(2,3)4)13-24(29)28(15-19-9-11-21(27)12-10-19)16-20-17-31-23-8-6-5-7-22(23)25(20)30/h5-12,17-18H,13-16H2,1-4H3/t18-/m0/s1. The van der Waals surface area contributed by atoms with Crippen LogP contribution in [-0.2, 0) is 17.9 Å². The summed E-state index contributed by atoms with van der Waals surface area (Å²) in [5, 5.41) is 0.496. The first-order valence-corrected chi connectivity index (χ1v) is 10.6. The molecule has 1 aromatic heterocycles. The van der Waals surface area contributed by atoms with E-state index in [9.17, 15) is 14.0 Å². The first-order valence-electron chi connectivity index (χ1n) is 10.6. The number of carbonyl (C=O) groups excluding carboxylic acids is 1. The highest BCUT2D eigenvalue weighted by Crippen LogP contribution is 2.27. The first kappa shape index (κ1) is 22.7. The van der Waals surface area contributed by atoms with Crippen LogP contribution in [-0.4, -0.2) is 10.8 Å². The molecule has 5 heteroatoms. The number of hydrogen-bond donors (Lipinski definition) is 0. The molecule has 4 nitrogen and oxygen atoms in total. The van der Waals surface area contributed by atoms with E-state index >= 15 is 0 Å². The summed E-state index contributed by atoms with van der Waals surface area (Å²) in [6.07, 6.45) is 2.74. The summed E-state index contributed by atoms with van der Waals surface area (Å²) >= 11 is 0. The summed E-state index contributed by atoms with van der Waals surface area (Å²) in [6.45, 7) is 8.99. The fourth-order valence-electron chi connectivity index (χ4n) is 4.02. The summed E-state index contributed by atoms with van der Waals surface area (Å²) in [4.78, 5) is 27.8. The summed E-state index contributed by atoms with van der Waals surface area (Å²) in [5.74, 6) is -0.152. The maximum Gasteiger partial charge on any atom is 0.223 e. The van der Waals surface area contributed by atoms with Crippen LogP contribution in [0.25, 0.3) is 11.0 Å². The van der Waals surface area contributed by atoms with Gasteiger partial charge in [-0.2, -0.15) is 0 Å². The Morgan fingerprint density at radius 1 is 1.06 bits per heavy atom. The lowest BCUT2D eigenvalue weighted by atomic mass is 9.84. The van der Waals surface area contributed by atoms with Gasteiger partial charge >= 0.3 is 0 Å². The minimum atomic E-state index is -0.324. The van der Waals surface area contributed by atoms with Gasteiger partial charge < -0.3 is 9.32 Å². The van der Waals surface area contributed by atoms with Crippen molar-refractivity contribution in [3.63, 3.8) is 0 Å². The Morgan fingerprint density at radius 2 is 1.74 bits per heavy atom. The Hall–Kier alpha value is -2.95. The Balaban J connectivity index is 1.86. The number of benzene rings is 2. The summed E-state index contributed by atoms with van der Waals surface area (Å²) in [7, 11) is 0. The van der Waals surface area contributed by atoms with E-state index in [0.717, 1.165) is 12.0 Å². The highest BCUT2D eigenvalue weighted by Gasteiger charge is 2.22. The molecule has 0 radical (unpaired) electrons. The molecule has 0 aliphatic carbocycles. The van der Waals surface area contributed by atoms with Crippen molar-refractivity contribution in [2.45, 2.75) is 53.6 Å².